The molecule has 0 unspecified atom stereocenters. The van der Waals surface area contributed by atoms with Crippen LogP contribution >= 0.6 is 0 Å². The van der Waals surface area contributed by atoms with Gasteiger partial charge in [-0.2, -0.15) is 0 Å². The summed E-state index contributed by atoms with van der Waals surface area (Å²) in [5.74, 6) is -0.0334. The Kier molecular flexibility index (Phi) is 2.98. The fourth-order valence-electron chi connectivity index (χ4n) is 2.19. The Morgan fingerprint density at radius 1 is 1.24 bits per heavy atom. The van der Waals surface area contributed by atoms with Gasteiger partial charge in [0.15, 0.2) is 0 Å². The molecular formula is C15H10N2O4. The SMILES string of the molecule is CC(=C1OC(=O)c2ccccc21)c1cc([N+](=O)[O-])ccn1. The molecule has 1 aliphatic heterocycles. The Balaban J connectivity index is 2.14. The van der Waals surface area contributed by atoms with E-state index < -0.39 is 10.9 Å². The van der Waals surface area contributed by atoms with E-state index in [-0.39, 0.29) is 5.69 Å². The van der Waals surface area contributed by atoms with Gasteiger partial charge in [-0.15, -0.1) is 0 Å². The van der Waals surface area contributed by atoms with Gasteiger partial charge < -0.3 is 4.74 Å². The monoisotopic (exact) mass is 282 g/mol. The summed E-state index contributed by atoms with van der Waals surface area (Å²) in [5, 5.41) is 10.8. The fraction of sp³-hybridized carbons (Fsp3) is 0.0667. The van der Waals surface area contributed by atoms with Gasteiger partial charge in [0, 0.05) is 29.5 Å². The van der Waals surface area contributed by atoms with Crippen molar-refractivity contribution < 1.29 is 14.5 Å². The molecule has 0 N–H and O–H groups in total. The van der Waals surface area contributed by atoms with Crippen LogP contribution in [0.4, 0.5) is 5.69 Å². The molecule has 6 nitrogen and oxygen atoms in total. The molecule has 104 valence electrons. The Hall–Kier alpha value is -3.02. The van der Waals surface area contributed by atoms with E-state index in [2.05, 4.69) is 4.98 Å². The summed E-state index contributed by atoms with van der Waals surface area (Å²) in [6.07, 6.45) is 1.36. The number of hydrogen-bond donors (Lipinski definition) is 0. The number of aromatic nitrogens is 1. The van der Waals surface area contributed by atoms with Gasteiger partial charge in [0.25, 0.3) is 5.69 Å². The number of carbonyl (C=O) groups is 1. The van der Waals surface area contributed by atoms with Crippen LogP contribution in [0.2, 0.25) is 0 Å². The van der Waals surface area contributed by atoms with Crippen LogP contribution in [0, 0.1) is 10.1 Å². The van der Waals surface area contributed by atoms with Gasteiger partial charge in [-0.1, -0.05) is 18.2 Å². The zero-order valence-electron chi connectivity index (χ0n) is 11.1. The minimum atomic E-state index is -0.488. The third-order valence-electron chi connectivity index (χ3n) is 3.27. The maximum atomic E-state index is 11.8. The van der Waals surface area contributed by atoms with E-state index in [9.17, 15) is 14.9 Å². The zero-order chi connectivity index (χ0) is 15.0. The van der Waals surface area contributed by atoms with E-state index in [4.69, 9.17) is 4.74 Å². The number of carbonyl (C=O) groups excluding carboxylic acids is 1. The number of fused-ring (bicyclic) bond motifs is 1. The zero-order valence-corrected chi connectivity index (χ0v) is 11.1. The second-order valence-corrected chi connectivity index (χ2v) is 4.55. The van der Waals surface area contributed by atoms with Crippen LogP contribution in [0.5, 0.6) is 0 Å². The average molecular weight is 282 g/mol. The number of pyridine rings is 1. The van der Waals surface area contributed by atoms with Crippen molar-refractivity contribution in [1.82, 2.24) is 4.98 Å². The number of esters is 1. The molecule has 0 aliphatic carbocycles. The molecule has 0 saturated carbocycles. The largest absolute Gasteiger partial charge is 0.422 e. The standard InChI is InChI=1S/C15H10N2O4/c1-9(13-8-10(17(19)20)6-7-16-13)14-11-4-2-3-5-12(11)15(18)21-14/h2-8H,1H3. The second-order valence-electron chi connectivity index (χ2n) is 4.55. The van der Waals surface area contributed by atoms with Gasteiger partial charge in [-0.3, -0.25) is 15.1 Å². The highest BCUT2D eigenvalue weighted by Crippen LogP contribution is 2.35. The van der Waals surface area contributed by atoms with Crippen LogP contribution in [0.25, 0.3) is 11.3 Å². The van der Waals surface area contributed by atoms with Crippen LogP contribution in [-0.2, 0) is 4.74 Å². The van der Waals surface area contributed by atoms with Crippen molar-refractivity contribution in [3.63, 3.8) is 0 Å². The quantitative estimate of drug-likeness (QED) is 0.480. The van der Waals surface area contributed by atoms with Crippen LogP contribution in [0.3, 0.4) is 0 Å². The summed E-state index contributed by atoms with van der Waals surface area (Å²) < 4.78 is 5.28. The lowest BCUT2D eigenvalue weighted by Crippen LogP contribution is -1.95. The highest BCUT2D eigenvalue weighted by atomic mass is 16.6. The lowest BCUT2D eigenvalue weighted by atomic mass is 10.0. The van der Waals surface area contributed by atoms with Gasteiger partial charge in [-0.05, 0) is 13.0 Å². The minimum Gasteiger partial charge on any atom is -0.422 e. The first-order chi connectivity index (χ1) is 10.1. The first-order valence-electron chi connectivity index (χ1n) is 6.21. The van der Waals surface area contributed by atoms with Crippen molar-refractivity contribution in [3.8, 4) is 0 Å². The third kappa shape index (κ3) is 2.16. The van der Waals surface area contributed by atoms with E-state index in [0.717, 1.165) is 0 Å². The summed E-state index contributed by atoms with van der Waals surface area (Å²) in [6, 6.07) is 9.68. The molecule has 2 heterocycles. The van der Waals surface area contributed by atoms with E-state index in [1.165, 1.54) is 18.3 Å². The minimum absolute atomic E-state index is 0.0578. The predicted octanol–water partition coefficient (Wildman–Crippen LogP) is 3.05. The first kappa shape index (κ1) is 13.0. The van der Waals surface area contributed by atoms with E-state index in [1.54, 1.807) is 31.2 Å². The normalized spacial score (nSPS) is 15.4. The Morgan fingerprint density at radius 3 is 2.67 bits per heavy atom. The van der Waals surface area contributed by atoms with Crippen LogP contribution in [-0.4, -0.2) is 15.9 Å². The van der Waals surface area contributed by atoms with Crippen molar-refractivity contribution in [2.75, 3.05) is 0 Å². The Bertz CT molecular complexity index is 796. The topological polar surface area (TPSA) is 82.3 Å². The lowest BCUT2D eigenvalue weighted by molar-refractivity contribution is -0.385. The molecule has 2 aromatic rings. The number of nitrogens with zero attached hydrogens (tertiary/aromatic N) is 2. The van der Waals surface area contributed by atoms with Gasteiger partial charge in [0.2, 0.25) is 0 Å². The van der Waals surface area contributed by atoms with Crippen molar-refractivity contribution in [2.24, 2.45) is 0 Å². The highest BCUT2D eigenvalue weighted by molar-refractivity contribution is 6.07. The van der Waals surface area contributed by atoms with E-state index in [1.807, 2.05) is 0 Å². The van der Waals surface area contributed by atoms with E-state index >= 15 is 0 Å². The molecule has 0 amide bonds. The van der Waals surface area contributed by atoms with Gasteiger partial charge in [0.1, 0.15) is 5.76 Å². The molecule has 6 heteroatoms. The highest BCUT2D eigenvalue weighted by Gasteiger charge is 2.28. The van der Waals surface area contributed by atoms with Crippen molar-refractivity contribution in [3.05, 3.63) is 69.5 Å². The molecule has 1 aliphatic rings. The summed E-state index contributed by atoms with van der Waals surface area (Å²) in [5.41, 5.74) is 2.09. The van der Waals surface area contributed by atoms with E-state index in [0.29, 0.717) is 28.2 Å². The van der Waals surface area contributed by atoms with Crippen molar-refractivity contribution in [2.45, 2.75) is 6.92 Å². The molecule has 0 bridgehead atoms. The van der Waals surface area contributed by atoms with Gasteiger partial charge >= 0.3 is 5.97 Å². The number of rotatable bonds is 2. The number of nitro groups is 1. The van der Waals surface area contributed by atoms with Gasteiger partial charge in [-0.25, -0.2) is 4.79 Å². The summed E-state index contributed by atoms with van der Waals surface area (Å²) in [4.78, 5) is 26.2. The second kappa shape index (κ2) is 4.82. The Morgan fingerprint density at radius 2 is 1.95 bits per heavy atom. The molecule has 1 aromatic heterocycles. The average Bonchev–Trinajstić information content (AvgIpc) is 2.84. The van der Waals surface area contributed by atoms with Gasteiger partial charge in [0.05, 0.1) is 16.2 Å². The maximum absolute atomic E-state index is 11.8. The molecule has 0 spiro atoms. The summed E-state index contributed by atoms with van der Waals surface area (Å²) in [7, 11) is 0. The number of cyclic esters (lactones) is 1. The number of ether oxygens (including phenoxy) is 1. The molecule has 0 saturated heterocycles. The maximum Gasteiger partial charge on any atom is 0.344 e. The number of benzene rings is 1. The molecule has 1 aromatic carbocycles. The van der Waals surface area contributed by atoms with Crippen molar-refractivity contribution in [1.29, 1.82) is 0 Å². The van der Waals surface area contributed by atoms with Crippen molar-refractivity contribution >= 4 is 23.0 Å². The molecule has 21 heavy (non-hydrogen) atoms. The molecular weight excluding hydrogens is 272 g/mol. The van der Waals surface area contributed by atoms with Crippen LogP contribution in [0.1, 0.15) is 28.5 Å². The summed E-state index contributed by atoms with van der Waals surface area (Å²) in [6.45, 7) is 1.72. The summed E-state index contributed by atoms with van der Waals surface area (Å²) >= 11 is 0. The fourth-order valence-corrected chi connectivity index (χ4v) is 2.19. The third-order valence-corrected chi connectivity index (χ3v) is 3.27. The molecule has 3 rings (SSSR count). The van der Waals surface area contributed by atoms with Crippen LogP contribution < -0.4 is 0 Å². The number of hydrogen-bond acceptors (Lipinski definition) is 5. The van der Waals surface area contributed by atoms with Crippen LogP contribution in [0.15, 0.2) is 42.6 Å². The molecule has 0 fully saturated rings. The Labute approximate surface area is 119 Å². The number of allylic oxidation sites excluding steroid dienone is 1. The predicted molar refractivity (Wildman–Crippen MR) is 75.2 cm³/mol. The molecule has 0 radical (unpaired) electrons. The molecule has 0 atom stereocenters. The smallest absolute Gasteiger partial charge is 0.344 e. The lowest BCUT2D eigenvalue weighted by Gasteiger charge is -2.05. The first-order valence-corrected chi connectivity index (χ1v) is 6.21.